The smallest absolute Gasteiger partial charge is 0.492 e. The number of methoxy groups -OCH3 is 1. The predicted molar refractivity (Wildman–Crippen MR) is 80.1 cm³/mol. The Balaban J connectivity index is 2.05. The van der Waals surface area contributed by atoms with Crippen LogP contribution in [0.25, 0.3) is 11.0 Å². The van der Waals surface area contributed by atoms with Crippen molar-refractivity contribution in [1.29, 1.82) is 0 Å². The Bertz CT molecular complexity index is 665. The first kappa shape index (κ1) is 13.9. The lowest BCUT2D eigenvalue weighted by Crippen LogP contribution is -2.14. The van der Waals surface area contributed by atoms with Gasteiger partial charge in [0, 0.05) is 0 Å². The predicted octanol–water partition coefficient (Wildman–Crippen LogP) is 2.80. The van der Waals surface area contributed by atoms with Gasteiger partial charge in [-0.3, -0.25) is 0 Å². The molecule has 0 atom stereocenters. The summed E-state index contributed by atoms with van der Waals surface area (Å²) in [5, 5.41) is 10.0. The summed E-state index contributed by atoms with van der Waals surface area (Å²) < 4.78 is 23.5. The summed E-state index contributed by atoms with van der Waals surface area (Å²) in [6.45, 7) is 0.320. The molecule has 0 unspecified atom stereocenters. The minimum absolute atomic E-state index is 0.307. The highest BCUT2D eigenvalue weighted by Crippen LogP contribution is 2.34. The first-order chi connectivity index (χ1) is 10.2. The van der Waals surface area contributed by atoms with Crippen LogP contribution in [-0.4, -0.2) is 25.9 Å². The topological polar surface area (TPSA) is 38.7 Å². The molecule has 21 heavy (non-hydrogen) atoms. The molecule has 1 heterocycles. The number of ether oxygens (including phenoxy) is 1. The van der Waals surface area contributed by atoms with E-state index in [2.05, 4.69) is 0 Å². The van der Waals surface area contributed by atoms with Crippen molar-refractivity contribution in [2.24, 2.45) is 0 Å². The van der Waals surface area contributed by atoms with Crippen LogP contribution in [0, 0.1) is 5.82 Å². The highest BCUT2D eigenvalue weighted by Gasteiger charge is 2.32. The van der Waals surface area contributed by atoms with Gasteiger partial charge in [0.15, 0.2) is 0 Å². The molecular formula is C16H14BFO3. The van der Waals surface area contributed by atoms with Gasteiger partial charge in [0.2, 0.25) is 0 Å². The van der Waals surface area contributed by atoms with Crippen molar-refractivity contribution < 1.29 is 18.8 Å². The number of benzene rings is 2. The van der Waals surface area contributed by atoms with E-state index in [1.54, 1.807) is 19.2 Å². The van der Waals surface area contributed by atoms with Gasteiger partial charge >= 0.3 is 7.12 Å². The minimum Gasteiger partial charge on any atom is -0.497 e. The molecule has 2 aromatic carbocycles. The molecule has 0 saturated carbocycles. The normalized spacial score (nSPS) is 14.7. The zero-order valence-electron chi connectivity index (χ0n) is 11.5. The standard InChI is InChI=1S/C16H14BFO3/c1-20-14-8-4-11(5-9-14)15-10-21-17(19)16(15)12-2-6-13(18)7-3-12/h2-9,19H,10H2,1H3. The first-order valence-corrected chi connectivity index (χ1v) is 6.62. The van der Waals surface area contributed by atoms with Gasteiger partial charge in [-0.15, -0.1) is 0 Å². The average molecular weight is 284 g/mol. The largest absolute Gasteiger partial charge is 0.497 e. The fourth-order valence-corrected chi connectivity index (χ4v) is 2.45. The molecule has 1 aliphatic rings. The minimum atomic E-state index is -0.993. The Morgan fingerprint density at radius 3 is 2.29 bits per heavy atom. The van der Waals surface area contributed by atoms with Crippen LogP contribution < -0.4 is 4.74 Å². The molecule has 0 amide bonds. The van der Waals surface area contributed by atoms with Crippen LogP contribution in [-0.2, 0) is 4.65 Å². The van der Waals surface area contributed by atoms with Gasteiger partial charge in [-0.05, 0) is 46.4 Å². The highest BCUT2D eigenvalue weighted by molar-refractivity contribution is 6.71. The molecule has 0 spiro atoms. The quantitative estimate of drug-likeness (QED) is 0.881. The van der Waals surface area contributed by atoms with E-state index in [0.717, 1.165) is 22.4 Å². The Kier molecular flexibility index (Phi) is 3.77. The fraction of sp³-hybridized carbons (Fsp3) is 0.125. The van der Waals surface area contributed by atoms with Crippen molar-refractivity contribution >= 4 is 18.2 Å². The maximum absolute atomic E-state index is 13.1. The number of halogens is 1. The summed E-state index contributed by atoms with van der Waals surface area (Å²) in [5.41, 5.74) is 3.29. The van der Waals surface area contributed by atoms with Crippen LogP contribution in [0.1, 0.15) is 11.1 Å². The van der Waals surface area contributed by atoms with E-state index < -0.39 is 7.12 Å². The SMILES string of the molecule is COc1ccc(C2=C(c3ccc(F)cc3)B(O)OC2)cc1. The third-order valence-corrected chi connectivity index (χ3v) is 3.55. The van der Waals surface area contributed by atoms with E-state index >= 15 is 0 Å². The Morgan fingerprint density at radius 2 is 1.67 bits per heavy atom. The monoisotopic (exact) mass is 284 g/mol. The van der Waals surface area contributed by atoms with E-state index in [0.29, 0.717) is 12.1 Å². The van der Waals surface area contributed by atoms with Gasteiger partial charge in [0.05, 0.1) is 13.7 Å². The summed E-state index contributed by atoms with van der Waals surface area (Å²) in [7, 11) is 0.619. The maximum atomic E-state index is 13.1. The lowest BCUT2D eigenvalue weighted by Gasteiger charge is -2.08. The van der Waals surface area contributed by atoms with E-state index in [9.17, 15) is 9.41 Å². The zero-order chi connectivity index (χ0) is 14.8. The van der Waals surface area contributed by atoms with E-state index in [1.807, 2.05) is 24.3 Å². The van der Waals surface area contributed by atoms with Crippen molar-refractivity contribution in [3.8, 4) is 5.75 Å². The van der Waals surface area contributed by atoms with Gasteiger partial charge in [0.1, 0.15) is 11.6 Å². The van der Waals surface area contributed by atoms with Gasteiger partial charge in [-0.25, -0.2) is 4.39 Å². The van der Waals surface area contributed by atoms with Crippen molar-refractivity contribution in [3.63, 3.8) is 0 Å². The molecule has 0 aromatic heterocycles. The molecule has 106 valence electrons. The third-order valence-electron chi connectivity index (χ3n) is 3.55. The Hall–Kier alpha value is -2.11. The van der Waals surface area contributed by atoms with Gasteiger partial charge in [0.25, 0.3) is 0 Å². The van der Waals surface area contributed by atoms with Crippen LogP contribution in [0.4, 0.5) is 4.39 Å². The first-order valence-electron chi connectivity index (χ1n) is 6.62. The molecule has 3 rings (SSSR count). The van der Waals surface area contributed by atoms with E-state index in [1.165, 1.54) is 12.1 Å². The van der Waals surface area contributed by atoms with E-state index in [4.69, 9.17) is 9.39 Å². The van der Waals surface area contributed by atoms with Gasteiger partial charge in [-0.2, -0.15) is 0 Å². The molecule has 0 fully saturated rings. The Morgan fingerprint density at radius 1 is 1.05 bits per heavy atom. The molecule has 0 aliphatic carbocycles. The van der Waals surface area contributed by atoms with Gasteiger partial charge < -0.3 is 14.4 Å². The van der Waals surface area contributed by atoms with Gasteiger partial charge in [-0.1, -0.05) is 24.3 Å². The summed E-state index contributed by atoms with van der Waals surface area (Å²) in [6, 6.07) is 13.6. The second-order valence-electron chi connectivity index (χ2n) is 4.79. The highest BCUT2D eigenvalue weighted by atomic mass is 19.1. The molecular weight excluding hydrogens is 270 g/mol. The summed E-state index contributed by atoms with van der Waals surface area (Å²) in [5.74, 6) is 0.459. The molecule has 0 radical (unpaired) electrons. The molecule has 1 aliphatic heterocycles. The lowest BCUT2D eigenvalue weighted by molar-refractivity contribution is 0.320. The lowest BCUT2D eigenvalue weighted by atomic mass is 9.73. The number of rotatable bonds is 3. The molecule has 0 bridgehead atoms. The summed E-state index contributed by atoms with van der Waals surface area (Å²) in [6.07, 6.45) is 0. The van der Waals surface area contributed by atoms with Crippen LogP contribution in [0.15, 0.2) is 48.5 Å². The van der Waals surface area contributed by atoms with Crippen molar-refractivity contribution in [1.82, 2.24) is 0 Å². The fourth-order valence-electron chi connectivity index (χ4n) is 2.45. The summed E-state index contributed by atoms with van der Waals surface area (Å²) >= 11 is 0. The maximum Gasteiger partial charge on any atom is 0.492 e. The summed E-state index contributed by atoms with van der Waals surface area (Å²) in [4.78, 5) is 0. The second kappa shape index (κ2) is 5.72. The molecule has 5 heteroatoms. The second-order valence-corrected chi connectivity index (χ2v) is 4.79. The zero-order valence-corrected chi connectivity index (χ0v) is 11.5. The van der Waals surface area contributed by atoms with Crippen LogP contribution in [0.3, 0.4) is 0 Å². The Labute approximate surface area is 122 Å². The molecule has 2 aromatic rings. The molecule has 1 N–H and O–H groups in total. The van der Waals surface area contributed by atoms with Crippen LogP contribution >= 0.6 is 0 Å². The number of hydrogen-bond acceptors (Lipinski definition) is 3. The van der Waals surface area contributed by atoms with Crippen molar-refractivity contribution in [2.45, 2.75) is 0 Å². The third kappa shape index (κ3) is 2.70. The molecule has 3 nitrogen and oxygen atoms in total. The van der Waals surface area contributed by atoms with E-state index in [-0.39, 0.29) is 5.82 Å². The van der Waals surface area contributed by atoms with Crippen molar-refractivity contribution in [2.75, 3.05) is 13.7 Å². The van der Waals surface area contributed by atoms with Crippen molar-refractivity contribution in [3.05, 3.63) is 65.5 Å². The molecule has 0 saturated heterocycles. The average Bonchev–Trinajstić information content (AvgIpc) is 2.90. The van der Waals surface area contributed by atoms with Crippen LogP contribution in [0.2, 0.25) is 0 Å². The number of hydrogen-bond donors (Lipinski definition) is 1. The van der Waals surface area contributed by atoms with Crippen LogP contribution in [0.5, 0.6) is 5.75 Å².